The van der Waals surface area contributed by atoms with Crippen LogP contribution in [0.5, 0.6) is 0 Å². The van der Waals surface area contributed by atoms with Crippen LogP contribution in [0.1, 0.15) is 218 Å². The van der Waals surface area contributed by atoms with Gasteiger partial charge in [0.05, 0.1) is 17.8 Å². The largest absolute Gasteiger partial charge is 0.444 e. The van der Waals surface area contributed by atoms with Crippen molar-refractivity contribution in [3.63, 3.8) is 0 Å². The molecule has 0 radical (unpaired) electrons. The summed E-state index contributed by atoms with van der Waals surface area (Å²) in [6.07, 6.45) is 28.3. The van der Waals surface area contributed by atoms with Crippen molar-refractivity contribution in [1.29, 1.82) is 0 Å². The Bertz CT molecular complexity index is 1080. The monoisotopic (exact) mass is 794 g/mol. The molecular weight excluding hydrogens is 703 g/mol. The second-order valence-corrected chi connectivity index (χ2v) is 19.9. The summed E-state index contributed by atoms with van der Waals surface area (Å²) >= 11 is 0. The van der Waals surface area contributed by atoms with Gasteiger partial charge in [-0.2, -0.15) is 0 Å². The summed E-state index contributed by atoms with van der Waals surface area (Å²) in [7, 11) is 0. The predicted octanol–water partition coefficient (Wildman–Crippen LogP) is 11.9. The predicted molar refractivity (Wildman–Crippen MR) is 235 cm³/mol. The number of unbranched alkanes of at least 4 members (excludes halogenated alkanes) is 15. The van der Waals surface area contributed by atoms with Crippen LogP contribution in [0, 0.1) is 5.41 Å². The van der Waals surface area contributed by atoms with E-state index in [-0.39, 0.29) is 17.2 Å². The van der Waals surface area contributed by atoms with Crippen LogP contribution in [-0.2, 0) is 23.8 Å². The average Bonchev–Trinajstić information content (AvgIpc) is 3.08. The molecule has 0 aromatic rings. The Labute approximate surface area is 345 Å². The number of hydrogen-bond donors (Lipinski definition) is 3. The molecule has 3 N–H and O–H groups in total. The molecule has 0 spiro atoms. The van der Waals surface area contributed by atoms with Crippen LogP contribution < -0.4 is 16.0 Å². The number of alkyl carbamates (subject to hydrolysis) is 1. The van der Waals surface area contributed by atoms with E-state index < -0.39 is 28.4 Å². The molecule has 0 atom stereocenters. The topological polar surface area (TPSA) is 115 Å². The number of allylic oxidation sites excluding steroid dienone is 2. The Hall–Kier alpha value is -2.13. The second-order valence-electron chi connectivity index (χ2n) is 19.9. The molecular formula is C47H91N3O6. The fraction of sp³-hybridized carbons (Fsp3) is 0.894. The maximum absolute atomic E-state index is 12.7. The van der Waals surface area contributed by atoms with Gasteiger partial charge in [-0.05, 0) is 107 Å². The first-order valence-electron chi connectivity index (χ1n) is 22.5. The van der Waals surface area contributed by atoms with Crippen LogP contribution in [0.4, 0.5) is 4.79 Å². The highest BCUT2D eigenvalue weighted by Gasteiger charge is 2.28. The van der Waals surface area contributed by atoms with Crippen LogP contribution in [0.15, 0.2) is 12.2 Å². The minimum absolute atomic E-state index is 0.0270. The average molecular weight is 794 g/mol. The highest BCUT2D eigenvalue weighted by molar-refractivity contribution is 5.76. The first kappa shape index (κ1) is 53.9. The lowest BCUT2D eigenvalue weighted by molar-refractivity contribution is -0.125. The Morgan fingerprint density at radius 2 is 1.02 bits per heavy atom. The van der Waals surface area contributed by atoms with Gasteiger partial charge in [0.15, 0.2) is 0 Å². The third kappa shape index (κ3) is 35.1. The molecule has 9 heteroatoms. The molecule has 0 bridgehead atoms. The third-order valence-electron chi connectivity index (χ3n) is 10.0. The lowest BCUT2D eigenvalue weighted by Gasteiger charge is -2.32. The number of carbonyl (C=O) groups is 3. The lowest BCUT2D eigenvalue weighted by Crippen LogP contribution is -2.46. The first-order valence-corrected chi connectivity index (χ1v) is 22.5. The maximum Gasteiger partial charge on any atom is 0.408 e. The van der Waals surface area contributed by atoms with Crippen molar-refractivity contribution in [1.82, 2.24) is 16.0 Å². The highest BCUT2D eigenvalue weighted by Crippen LogP contribution is 2.22. The molecule has 0 aliphatic rings. The van der Waals surface area contributed by atoms with E-state index in [2.05, 4.69) is 48.9 Å². The van der Waals surface area contributed by atoms with Crippen molar-refractivity contribution in [3.05, 3.63) is 12.2 Å². The number of ether oxygens (including phenoxy) is 3. The number of carbonyl (C=O) groups excluding carboxylic acids is 3. The number of rotatable bonds is 34. The van der Waals surface area contributed by atoms with Crippen molar-refractivity contribution in [2.75, 3.05) is 26.3 Å². The van der Waals surface area contributed by atoms with Crippen molar-refractivity contribution in [2.24, 2.45) is 5.41 Å². The third-order valence-corrected chi connectivity index (χ3v) is 10.0. The Morgan fingerprint density at radius 1 is 0.536 bits per heavy atom. The minimum Gasteiger partial charge on any atom is -0.444 e. The summed E-state index contributed by atoms with van der Waals surface area (Å²) < 4.78 is 17.7. The van der Waals surface area contributed by atoms with E-state index >= 15 is 0 Å². The van der Waals surface area contributed by atoms with Crippen LogP contribution in [0.2, 0.25) is 0 Å². The Morgan fingerprint density at radius 3 is 1.55 bits per heavy atom. The quantitative estimate of drug-likeness (QED) is 0.0441. The zero-order chi connectivity index (χ0) is 42.6. The molecule has 0 fully saturated rings. The highest BCUT2D eigenvalue weighted by atomic mass is 16.6. The van der Waals surface area contributed by atoms with Gasteiger partial charge in [0.1, 0.15) is 5.60 Å². The molecule has 0 aromatic heterocycles. The summed E-state index contributed by atoms with van der Waals surface area (Å²) in [5.74, 6) is 0.0585. The molecule has 0 unspecified atom stereocenters. The smallest absolute Gasteiger partial charge is 0.408 e. The van der Waals surface area contributed by atoms with E-state index in [1.54, 1.807) is 0 Å². The van der Waals surface area contributed by atoms with Crippen LogP contribution in [-0.4, -0.2) is 66.6 Å². The second kappa shape index (κ2) is 29.1. The maximum atomic E-state index is 12.7. The van der Waals surface area contributed by atoms with Crippen molar-refractivity contribution >= 4 is 17.9 Å². The normalized spacial score (nSPS) is 12.9. The lowest BCUT2D eigenvalue weighted by atomic mass is 9.94. The van der Waals surface area contributed by atoms with E-state index in [1.807, 2.05) is 62.3 Å². The molecule has 0 aromatic carbocycles. The molecule has 0 rings (SSSR count). The zero-order valence-corrected chi connectivity index (χ0v) is 38.8. The summed E-state index contributed by atoms with van der Waals surface area (Å²) in [6, 6.07) is 0. The summed E-state index contributed by atoms with van der Waals surface area (Å²) in [6.45, 7) is 25.6. The fourth-order valence-electron chi connectivity index (χ4n) is 6.09. The van der Waals surface area contributed by atoms with Crippen LogP contribution >= 0.6 is 0 Å². The van der Waals surface area contributed by atoms with Gasteiger partial charge in [0, 0.05) is 43.5 Å². The molecule has 0 aliphatic heterocycles. The molecule has 330 valence electrons. The Balaban J connectivity index is 4.03. The van der Waals surface area contributed by atoms with E-state index in [9.17, 15) is 14.4 Å². The van der Waals surface area contributed by atoms with Gasteiger partial charge in [0.25, 0.3) is 0 Å². The van der Waals surface area contributed by atoms with Gasteiger partial charge in [-0.1, -0.05) is 110 Å². The summed E-state index contributed by atoms with van der Waals surface area (Å²) in [5, 5.41) is 9.03. The molecule has 56 heavy (non-hydrogen) atoms. The van der Waals surface area contributed by atoms with E-state index in [0.717, 1.165) is 12.8 Å². The molecule has 3 amide bonds. The standard InChI is InChI=1S/C47H91N3O6/c1-13-14-15-16-17-18-19-20-21-22-23-24-25-26-27-28-29-30-31-32-40(51)49-38-47(11,12)55-39-44(5,6)37-48-41(52)33-34-46(9,10)54-36-35-45(7,8)50-42(53)56-43(2,3)4/h20-21H,13-19,22-39H2,1-12H3,(H,48,52)(H,49,51)(H,50,53)/b21-20-. The van der Waals surface area contributed by atoms with Crippen molar-refractivity contribution < 1.29 is 28.6 Å². The minimum atomic E-state index is -0.555. The van der Waals surface area contributed by atoms with Gasteiger partial charge in [-0.25, -0.2) is 4.79 Å². The van der Waals surface area contributed by atoms with Crippen molar-refractivity contribution in [2.45, 2.75) is 240 Å². The molecule has 0 aliphatic carbocycles. The molecule has 9 nitrogen and oxygen atoms in total. The van der Waals surface area contributed by atoms with Crippen molar-refractivity contribution in [3.8, 4) is 0 Å². The van der Waals surface area contributed by atoms with Gasteiger partial charge in [-0.3, -0.25) is 9.59 Å². The van der Waals surface area contributed by atoms with Gasteiger partial charge in [0.2, 0.25) is 11.8 Å². The molecule has 0 saturated heterocycles. The molecule has 0 heterocycles. The first-order chi connectivity index (χ1) is 26.1. The number of amides is 3. The Kier molecular flexibility index (Phi) is 28.0. The number of nitrogens with one attached hydrogen (secondary N) is 3. The summed E-state index contributed by atoms with van der Waals surface area (Å²) in [4.78, 5) is 37.4. The number of hydrogen-bond acceptors (Lipinski definition) is 6. The zero-order valence-electron chi connectivity index (χ0n) is 38.8. The summed E-state index contributed by atoms with van der Waals surface area (Å²) in [5.41, 5.74) is -2.33. The van der Waals surface area contributed by atoms with Gasteiger partial charge in [-0.15, -0.1) is 0 Å². The molecule has 0 saturated carbocycles. The van der Waals surface area contributed by atoms with E-state index in [0.29, 0.717) is 52.0 Å². The SMILES string of the molecule is CCCCCCCC/C=C\CCCCCCCCCCCC(=O)NCC(C)(C)OCC(C)(C)CNC(=O)CCC(C)(C)OCCC(C)(C)NC(=O)OC(C)(C)C. The van der Waals surface area contributed by atoms with E-state index in [1.165, 1.54) is 96.3 Å². The van der Waals surface area contributed by atoms with E-state index in [4.69, 9.17) is 14.2 Å². The van der Waals surface area contributed by atoms with Crippen LogP contribution in [0.25, 0.3) is 0 Å². The van der Waals surface area contributed by atoms with Gasteiger partial charge >= 0.3 is 6.09 Å². The van der Waals surface area contributed by atoms with Crippen LogP contribution in [0.3, 0.4) is 0 Å². The van der Waals surface area contributed by atoms with Gasteiger partial charge < -0.3 is 30.2 Å². The fourth-order valence-corrected chi connectivity index (χ4v) is 6.09.